The molecule has 18 heavy (non-hydrogen) atoms. The number of ether oxygens (including phenoxy) is 1. The molecule has 0 fully saturated rings. The largest absolute Gasteiger partial charge is 0.489 e. The van der Waals surface area contributed by atoms with Crippen molar-refractivity contribution in [3.8, 4) is 5.75 Å². The van der Waals surface area contributed by atoms with Gasteiger partial charge in [-0.15, -0.1) is 0 Å². The summed E-state index contributed by atoms with van der Waals surface area (Å²) in [5.74, 6) is 0.301. The summed E-state index contributed by atoms with van der Waals surface area (Å²) in [6, 6.07) is 3.72. The number of nitrogens with one attached hydrogen (secondary N) is 2. The van der Waals surface area contributed by atoms with Gasteiger partial charge in [-0.3, -0.25) is 4.79 Å². The molecule has 0 saturated carbocycles. The van der Waals surface area contributed by atoms with E-state index in [1.165, 1.54) is 0 Å². The van der Waals surface area contributed by atoms with Crippen molar-refractivity contribution >= 4 is 5.91 Å². The molecule has 1 amide bonds. The zero-order valence-electron chi connectivity index (χ0n) is 11.4. The third-order valence-electron chi connectivity index (χ3n) is 2.41. The van der Waals surface area contributed by atoms with Crippen LogP contribution in [0.2, 0.25) is 0 Å². The first-order valence-electron chi connectivity index (χ1n) is 6.11. The molecule has 1 heterocycles. The monoisotopic (exact) mass is 251 g/mol. The Labute approximate surface area is 108 Å². The summed E-state index contributed by atoms with van der Waals surface area (Å²) in [6.45, 7) is 6.37. The maximum Gasteiger partial charge on any atom is 0.273 e. The van der Waals surface area contributed by atoms with Crippen LogP contribution in [0.1, 0.15) is 31.3 Å². The summed E-state index contributed by atoms with van der Waals surface area (Å²) in [5, 5.41) is 5.87. The fraction of sp³-hybridized carbons (Fsp3) is 0.538. The number of pyridine rings is 1. The molecule has 0 aromatic carbocycles. The highest BCUT2D eigenvalue weighted by Crippen LogP contribution is 2.16. The van der Waals surface area contributed by atoms with Crippen molar-refractivity contribution in [1.82, 2.24) is 15.6 Å². The van der Waals surface area contributed by atoms with E-state index in [-0.39, 0.29) is 18.1 Å². The van der Waals surface area contributed by atoms with Gasteiger partial charge in [0.1, 0.15) is 0 Å². The minimum absolute atomic E-state index is 0.0111. The molecule has 0 saturated heterocycles. The average Bonchev–Trinajstić information content (AvgIpc) is 2.35. The number of amides is 1. The standard InChI is InChI=1S/C13H21N3O2/c1-9(2)18-11-6-5-7-15-12(11)13(17)16-8-10(3)14-4/h5-7,9-10,14H,8H2,1-4H3,(H,16,17). The van der Waals surface area contributed by atoms with Gasteiger partial charge in [-0.2, -0.15) is 0 Å². The SMILES string of the molecule is CNC(C)CNC(=O)c1ncccc1OC(C)C. The van der Waals surface area contributed by atoms with Gasteiger partial charge in [0.05, 0.1) is 6.10 Å². The van der Waals surface area contributed by atoms with E-state index in [0.29, 0.717) is 18.0 Å². The van der Waals surface area contributed by atoms with Gasteiger partial charge in [0.25, 0.3) is 5.91 Å². The minimum Gasteiger partial charge on any atom is -0.489 e. The van der Waals surface area contributed by atoms with Crippen LogP contribution in [0.5, 0.6) is 5.75 Å². The number of carbonyl (C=O) groups excluding carboxylic acids is 1. The second-order valence-corrected chi connectivity index (χ2v) is 4.42. The van der Waals surface area contributed by atoms with Crippen LogP contribution in [-0.4, -0.2) is 36.6 Å². The zero-order valence-corrected chi connectivity index (χ0v) is 11.4. The number of rotatable bonds is 6. The topological polar surface area (TPSA) is 63.2 Å². The normalized spacial score (nSPS) is 12.3. The van der Waals surface area contributed by atoms with Crippen molar-refractivity contribution in [3.63, 3.8) is 0 Å². The smallest absolute Gasteiger partial charge is 0.273 e. The number of likely N-dealkylation sites (N-methyl/N-ethyl adjacent to an activating group) is 1. The van der Waals surface area contributed by atoms with Gasteiger partial charge in [0.15, 0.2) is 11.4 Å². The highest BCUT2D eigenvalue weighted by Gasteiger charge is 2.15. The summed E-state index contributed by atoms with van der Waals surface area (Å²) in [7, 11) is 1.85. The molecule has 1 atom stereocenters. The van der Waals surface area contributed by atoms with Crippen molar-refractivity contribution in [2.75, 3.05) is 13.6 Å². The highest BCUT2D eigenvalue weighted by molar-refractivity contribution is 5.94. The molecule has 1 unspecified atom stereocenters. The highest BCUT2D eigenvalue weighted by atomic mass is 16.5. The van der Waals surface area contributed by atoms with Gasteiger partial charge >= 0.3 is 0 Å². The quantitative estimate of drug-likeness (QED) is 0.797. The van der Waals surface area contributed by atoms with Gasteiger partial charge in [-0.1, -0.05) is 0 Å². The van der Waals surface area contributed by atoms with E-state index in [1.54, 1.807) is 18.3 Å². The van der Waals surface area contributed by atoms with E-state index in [9.17, 15) is 4.79 Å². The Morgan fingerprint density at radius 2 is 2.17 bits per heavy atom. The van der Waals surface area contributed by atoms with Crippen LogP contribution in [0.25, 0.3) is 0 Å². The Hall–Kier alpha value is -1.62. The van der Waals surface area contributed by atoms with Crippen LogP contribution >= 0.6 is 0 Å². The predicted octanol–water partition coefficient (Wildman–Crippen LogP) is 1.21. The Morgan fingerprint density at radius 1 is 1.44 bits per heavy atom. The van der Waals surface area contributed by atoms with E-state index < -0.39 is 0 Å². The molecule has 100 valence electrons. The Morgan fingerprint density at radius 3 is 2.78 bits per heavy atom. The molecule has 0 aliphatic heterocycles. The second kappa shape index (κ2) is 6.96. The Balaban J connectivity index is 2.72. The van der Waals surface area contributed by atoms with E-state index in [4.69, 9.17) is 4.74 Å². The molecule has 2 N–H and O–H groups in total. The fourth-order valence-corrected chi connectivity index (χ4v) is 1.34. The molecule has 5 nitrogen and oxygen atoms in total. The lowest BCUT2D eigenvalue weighted by Gasteiger charge is -2.14. The lowest BCUT2D eigenvalue weighted by atomic mass is 10.3. The van der Waals surface area contributed by atoms with Crippen LogP contribution in [0.4, 0.5) is 0 Å². The average molecular weight is 251 g/mol. The number of hydrogen-bond acceptors (Lipinski definition) is 4. The minimum atomic E-state index is -0.214. The van der Waals surface area contributed by atoms with Gasteiger partial charge in [0, 0.05) is 18.8 Å². The van der Waals surface area contributed by atoms with E-state index in [1.807, 2.05) is 27.8 Å². The van der Waals surface area contributed by atoms with E-state index in [2.05, 4.69) is 15.6 Å². The molecular formula is C13H21N3O2. The van der Waals surface area contributed by atoms with Crippen molar-refractivity contribution < 1.29 is 9.53 Å². The molecule has 1 aromatic heterocycles. The predicted molar refractivity (Wildman–Crippen MR) is 70.9 cm³/mol. The summed E-state index contributed by atoms with van der Waals surface area (Å²) in [6.07, 6.45) is 1.60. The molecule has 0 radical (unpaired) electrons. The number of hydrogen-bond donors (Lipinski definition) is 2. The lowest BCUT2D eigenvalue weighted by molar-refractivity contribution is 0.0939. The van der Waals surface area contributed by atoms with E-state index >= 15 is 0 Å². The molecule has 0 spiro atoms. The Kier molecular flexibility index (Phi) is 5.58. The Bertz CT molecular complexity index is 394. The molecule has 5 heteroatoms. The fourth-order valence-electron chi connectivity index (χ4n) is 1.34. The third-order valence-corrected chi connectivity index (χ3v) is 2.41. The molecule has 0 bridgehead atoms. The third kappa shape index (κ3) is 4.33. The molecule has 0 aliphatic rings. The van der Waals surface area contributed by atoms with Crippen molar-refractivity contribution in [2.24, 2.45) is 0 Å². The molecule has 0 aliphatic carbocycles. The zero-order chi connectivity index (χ0) is 13.5. The number of nitrogens with zero attached hydrogens (tertiary/aromatic N) is 1. The van der Waals surface area contributed by atoms with Crippen LogP contribution in [0, 0.1) is 0 Å². The van der Waals surface area contributed by atoms with Gasteiger partial charge in [-0.25, -0.2) is 4.98 Å². The van der Waals surface area contributed by atoms with Crippen LogP contribution in [0.3, 0.4) is 0 Å². The van der Waals surface area contributed by atoms with Gasteiger partial charge < -0.3 is 15.4 Å². The molecular weight excluding hydrogens is 230 g/mol. The first-order valence-corrected chi connectivity index (χ1v) is 6.11. The molecule has 1 aromatic rings. The molecule has 1 rings (SSSR count). The summed E-state index contributed by atoms with van der Waals surface area (Å²) in [5.41, 5.74) is 0.328. The first-order chi connectivity index (χ1) is 8.54. The number of carbonyl (C=O) groups is 1. The lowest BCUT2D eigenvalue weighted by Crippen LogP contribution is -2.37. The maximum atomic E-state index is 12.0. The van der Waals surface area contributed by atoms with Crippen molar-refractivity contribution in [1.29, 1.82) is 0 Å². The van der Waals surface area contributed by atoms with Crippen molar-refractivity contribution in [3.05, 3.63) is 24.0 Å². The van der Waals surface area contributed by atoms with Crippen molar-refractivity contribution in [2.45, 2.75) is 32.9 Å². The van der Waals surface area contributed by atoms with Crippen LogP contribution in [0.15, 0.2) is 18.3 Å². The van der Waals surface area contributed by atoms with Crippen LogP contribution in [-0.2, 0) is 0 Å². The summed E-state index contributed by atoms with van der Waals surface area (Å²) in [4.78, 5) is 16.1. The van der Waals surface area contributed by atoms with E-state index in [0.717, 1.165) is 0 Å². The van der Waals surface area contributed by atoms with Gasteiger partial charge in [0.2, 0.25) is 0 Å². The summed E-state index contributed by atoms with van der Waals surface area (Å²) < 4.78 is 5.56. The maximum absolute atomic E-state index is 12.0. The number of aromatic nitrogens is 1. The first kappa shape index (κ1) is 14.4. The summed E-state index contributed by atoms with van der Waals surface area (Å²) >= 11 is 0. The second-order valence-electron chi connectivity index (χ2n) is 4.42. The van der Waals surface area contributed by atoms with Crippen LogP contribution < -0.4 is 15.4 Å². The van der Waals surface area contributed by atoms with Gasteiger partial charge in [-0.05, 0) is 40.0 Å².